The summed E-state index contributed by atoms with van der Waals surface area (Å²) in [7, 11) is -4.21. The van der Waals surface area contributed by atoms with Crippen molar-refractivity contribution in [2.75, 3.05) is 11.1 Å². The third-order valence-corrected chi connectivity index (χ3v) is 7.05. The smallest absolute Gasteiger partial charge is 0.417 e. The van der Waals surface area contributed by atoms with Gasteiger partial charge in [-0.15, -0.1) is 0 Å². The van der Waals surface area contributed by atoms with Crippen LogP contribution in [0.3, 0.4) is 0 Å². The Morgan fingerprint density at radius 2 is 1.43 bits per heavy atom. The van der Waals surface area contributed by atoms with Gasteiger partial charge in [-0.3, -0.25) is 14.4 Å². The lowest BCUT2D eigenvalue weighted by Gasteiger charge is -2.22. The maximum atomic E-state index is 13.0. The molecule has 6 N–H and O–H groups in total. The van der Waals surface area contributed by atoms with Crippen LogP contribution in [0.5, 0.6) is 0 Å². The van der Waals surface area contributed by atoms with Gasteiger partial charge in [0, 0.05) is 5.69 Å². The molecule has 1 atom stereocenters. The number of nitrogens with one attached hydrogen (secondary N) is 1. The first-order chi connectivity index (χ1) is 19.0. The highest BCUT2D eigenvalue weighted by atomic mass is 32.2. The zero-order valence-electron chi connectivity index (χ0n) is 21.2. The molecule has 2 rings (SSSR count). The normalized spacial score (nSPS) is 13.0. The average Bonchev–Trinajstić information content (AvgIpc) is 2.82. The molecule has 0 aliphatic rings. The van der Waals surface area contributed by atoms with Crippen molar-refractivity contribution in [2.24, 2.45) is 0 Å². The maximum absolute atomic E-state index is 13.0. The molecule has 0 aromatic heterocycles. The van der Waals surface area contributed by atoms with Crippen LogP contribution in [-0.4, -0.2) is 74.7 Å². The molecule has 0 fully saturated rings. The number of carboxylic acids is 3. The second-order valence-corrected chi connectivity index (χ2v) is 10.8. The summed E-state index contributed by atoms with van der Waals surface area (Å²) in [5.74, 6) is -8.08. The first kappa shape index (κ1) is 35.4. The number of hydrogen-bond acceptors (Lipinski definition) is 9. The lowest BCUT2D eigenvalue weighted by Crippen LogP contribution is -2.45. The number of anilines is 1. The van der Waals surface area contributed by atoms with Gasteiger partial charge in [0.25, 0.3) is 5.91 Å². The first-order valence-electron chi connectivity index (χ1n) is 11.1. The molecule has 1 unspecified atom stereocenters. The number of nitrogens with zero attached hydrogens (tertiary/aromatic N) is 1. The van der Waals surface area contributed by atoms with Crippen LogP contribution >= 0.6 is 0 Å². The Hall–Kier alpha value is -4.60. The molecular formula is C24H22F4N2O11S. The van der Waals surface area contributed by atoms with Crippen LogP contribution in [0.2, 0.25) is 0 Å². The summed E-state index contributed by atoms with van der Waals surface area (Å²) in [5.41, 5.74) is -7.60. The van der Waals surface area contributed by atoms with Gasteiger partial charge in [-0.1, -0.05) is 0 Å². The van der Waals surface area contributed by atoms with E-state index in [1.165, 1.54) is 6.07 Å². The van der Waals surface area contributed by atoms with Crippen molar-refractivity contribution >= 4 is 39.3 Å². The standard InChI is InChI=1S/C18H14F4N2O4S.C6H8O7/c1-17(26,10-29(27,28)14-6-3-12(19)4-7-14)16(25)24-13-5-2-11(9-23)15(8-13)18(20,21)22;7-3(8)1-6(13,5(11)12)2-4(9)10/h2-8,26H,10H2,1H3,(H,24,25);13H,1-2H2,(H,7,8)(H,9,10)(H,11,12). The number of carbonyl (C=O) groups excluding carboxylic acids is 1. The van der Waals surface area contributed by atoms with Crippen molar-refractivity contribution in [3.8, 4) is 6.07 Å². The second-order valence-electron chi connectivity index (χ2n) is 8.79. The summed E-state index contributed by atoms with van der Waals surface area (Å²) in [6.07, 6.45) is -7.15. The third kappa shape index (κ3) is 10.1. The van der Waals surface area contributed by atoms with Crippen LogP contribution in [0, 0.1) is 17.1 Å². The Morgan fingerprint density at radius 3 is 1.83 bits per heavy atom. The van der Waals surface area contributed by atoms with E-state index < -0.39 is 86.6 Å². The topological polar surface area (TPSA) is 239 Å². The molecule has 42 heavy (non-hydrogen) atoms. The number of benzene rings is 2. The summed E-state index contributed by atoms with van der Waals surface area (Å²) < 4.78 is 76.6. The minimum absolute atomic E-state index is 0.343. The molecule has 228 valence electrons. The minimum Gasteiger partial charge on any atom is -0.481 e. The Morgan fingerprint density at radius 1 is 0.929 bits per heavy atom. The Balaban J connectivity index is 0.000000572. The Labute approximate surface area is 234 Å². The first-order valence-corrected chi connectivity index (χ1v) is 12.7. The third-order valence-electron chi connectivity index (χ3n) is 5.12. The van der Waals surface area contributed by atoms with Crippen molar-refractivity contribution in [3.63, 3.8) is 0 Å². The number of nitriles is 1. The predicted octanol–water partition coefficient (Wildman–Crippen LogP) is 1.63. The molecule has 0 saturated heterocycles. The minimum atomic E-state index is -4.86. The van der Waals surface area contributed by atoms with Crippen molar-refractivity contribution in [1.82, 2.24) is 0 Å². The summed E-state index contributed by atoms with van der Waals surface area (Å²) in [6.45, 7) is 0.873. The fraction of sp³-hybridized carbons (Fsp3) is 0.292. The number of rotatable bonds is 10. The molecule has 18 heteroatoms. The highest BCUT2D eigenvalue weighted by Crippen LogP contribution is 2.33. The molecule has 0 aliphatic heterocycles. The Bertz CT molecular complexity index is 1480. The van der Waals surface area contributed by atoms with Crippen LogP contribution < -0.4 is 5.32 Å². The van der Waals surface area contributed by atoms with Gasteiger partial charge in [0.15, 0.2) is 21.0 Å². The molecule has 0 aliphatic carbocycles. The van der Waals surface area contributed by atoms with E-state index in [0.29, 0.717) is 6.07 Å². The van der Waals surface area contributed by atoms with Gasteiger partial charge < -0.3 is 30.8 Å². The molecular weight excluding hydrogens is 600 g/mol. The molecule has 0 bridgehead atoms. The van der Waals surface area contributed by atoms with E-state index in [1.807, 2.05) is 5.32 Å². The number of alkyl halides is 3. The van der Waals surface area contributed by atoms with E-state index in [-0.39, 0.29) is 10.6 Å². The van der Waals surface area contributed by atoms with E-state index in [4.69, 9.17) is 25.7 Å². The number of amides is 1. The lowest BCUT2D eigenvalue weighted by molar-refractivity contribution is -0.170. The summed E-state index contributed by atoms with van der Waals surface area (Å²) >= 11 is 0. The lowest BCUT2D eigenvalue weighted by atomic mass is 9.96. The fourth-order valence-corrected chi connectivity index (χ4v) is 4.68. The molecule has 0 heterocycles. The van der Waals surface area contributed by atoms with Crippen LogP contribution in [0.25, 0.3) is 0 Å². The van der Waals surface area contributed by atoms with E-state index in [1.54, 1.807) is 0 Å². The number of halogens is 4. The number of carbonyl (C=O) groups is 4. The number of sulfone groups is 1. The summed E-state index contributed by atoms with van der Waals surface area (Å²) in [6, 6.07) is 7.40. The maximum Gasteiger partial charge on any atom is 0.417 e. The molecule has 0 spiro atoms. The van der Waals surface area contributed by atoms with Crippen LogP contribution in [0.1, 0.15) is 30.9 Å². The number of aliphatic carboxylic acids is 3. The highest BCUT2D eigenvalue weighted by Gasteiger charge is 2.41. The largest absolute Gasteiger partial charge is 0.481 e. The number of aliphatic hydroxyl groups is 2. The van der Waals surface area contributed by atoms with Gasteiger partial charge in [-0.25, -0.2) is 17.6 Å². The monoisotopic (exact) mass is 622 g/mol. The van der Waals surface area contributed by atoms with E-state index in [2.05, 4.69) is 0 Å². The Kier molecular flexibility index (Phi) is 11.3. The van der Waals surface area contributed by atoms with Gasteiger partial charge in [-0.2, -0.15) is 18.4 Å². The fourth-order valence-electron chi connectivity index (χ4n) is 3.09. The second kappa shape index (κ2) is 13.4. The van der Waals surface area contributed by atoms with E-state index >= 15 is 0 Å². The zero-order chi connectivity index (χ0) is 32.7. The molecule has 0 radical (unpaired) electrons. The quantitative estimate of drug-likeness (QED) is 0.164. The highest BCUT2D eigenvalue weighted by molar-refractivity contribution is 7.91. The van der Waals surface area contributed by atoms with E-state index in [0.717, 1.165) is 43.3 Å². The molecule has 2 aromatic carbocycles. The molecule has 13 nitrogen and oxygen atoms in total. The SMILES string of the molecule is CC(O)(CS(=O)(=O)c1ccc(F)cc1)C(=O)Nc1ccc(C#N)c(C(F)(F)F)c1.O=C(O)CC(O)(CC(=O)O)C(=O)O. The van der Waals surface area contributed by atoms with Gasteiger partial charge in [0.1, 0.15) is 5.82 Å². The van der Waals surface area contributed by atoms with Crippen LogP contribution in [0.4, 0.5) is 23.2 Å². The van der Waals surface area contributed by atoms with Crippen molar-refractivity contribution in [2.45, 2.75) is 42.0 Å². The molecule has 0 saturated carbocycles. The molecule has 2 aromatic rings. The van der Waals surface area contributed by atoms with Crippen molar-refractivity contribution < 1.29 is 70.7 Å². The number of carboxylic acid groups (broad SMARTS) is 3. The van der Waals surface area contributed by atoms with Crippen LogP contribution in [0.15, 0.2) is 47.4 Å². The number of hydrogen-bond donors (Lipinski definition) is 6. The predicted molar refractivity (Wildman–Crippen MR) is 131 cm³/mol. The average molecular weight is 623 g/mol. The molecule has 1 amide bonds. The van der Waals surface area contributed by atoms with Crippen molar-refractivity contribution in [3.05, 3.63) is 59.4 Å². The van der Waals surface area contributed by atoms with Gasteiger partial charge in [0.05, 0.1) is 40.7 Å². The van der Waals surface area contributed by atoms with Crippen molar-refractivity contribution in [1.29, 1.82) is 5.26 Å². The van der Waals surface area contributed by atoms with Gasteiger partial charge in [-0.05, 0) is 49.4 Å². The van der Waals surface area contributed by atoms with Gasteiger partial charge in [0.2, 0.25) is 0 Å². The zero-order valence-corrected chi connectivity index (χ0v) is 22.0. The van der Waals surface area contributed by atoms with E-state index in [9.17, 15) is 50.3 Å². The van der Waals surface area contributed by atoms with Crippen LogP contribution in [-0.2, 0) is 35.2 Å². The summed E-state index contributed by atoms with van der Waals surface area (Å²) in [5, 5.41) is 54.9. The van der Waals surface area contributed by atoms with Gasteiger partial charge >= 0.3 is 24.1 Å². The summed E-state index contributed by atoms with van der Waals surface area (Å²) in [4.78, 5) is 42.4.